The highest BCUT2D eigenvalue weighted by Gasteiger charge is 2.17. The topological polar surface area (TPSA) is 34.5 Å². The predicted molar refractivity (Wildman–Crippen MR) is 96.6 cm³/mol. The van der Waals surface area contributed by atoms with Crippen molar-refractivity contribution in [2.24, 2.45) is 0 Å². The van der Waals surface area contributed by atoms with E-state index in [9.17, 15) is 4.79 Å². The van der Waals surface area contributed by atoms with Crippen molar-refractivity contribution in [1.29, 1.82) is 0 Å². The van der Waals surface area contributed by atoms with Gasteiger partial charge in [-0.25, -0.2) is 0 Å². The number of fused-ring (bicyclic) bond motifs is 1. The second-order valence-electron chi connectivity index (χ2n) is 6.17. The number of hydrogen-bond acceptors (Lipinski definition) is 3. The molecule has 4 nitrogen and oxygen atoms in total. The van der Waals surface area contributed by atoms with E-state index in [2.05, 4.69) is 23.6 Å². The molecule has 0 aliphatic carbocycles. The van der Waals surface area contributed by atoms with Gasteiger partial charge < -0.3 is 9.30 Å². The Kier molecular flexibility index (Phi) is 5.16. The lowest BCUT2D eigenvalue weighted by atomic mass is 10.1. The number of rotatable bonds is 5. The molecule has 126 valence electrons. The highest BCUT2D eigenvalue weighted by Crippen LogP contribution is 2.18. The fraction of sp³-hybridized carbons (Fsp3) is 0.350. The van der Waals surface area contributed by atoms with Crippen LogP contribution in [0.1, 0.15) is 16.8 Å². The largest absolute Gasteiger partial charge is 0.497 e. The average Bonchev–Trinajstić information content (AvgIpc) is 2.81. The lowest BCUT2D eigenvalue weighted by Crippen LogP contribution is -2.27. The van der Waals surface area contributed by atoms with Gasteiger partial charge in [-0.1, -0.05) is 24.3 Å². The first-order valence-corrected chi connectivity index (χ1v) is 8.39. The van der Waals surface area contributed by atoms with Gasteiger partial charge >= 0.3 is 0 Å². The fourth-order valence-electron chi connectivity index (χ4n) is 3.32. The monoisotopic (exact) mass is 324 g/mol. The second kappa shape index (κ2) is 7.49. The molecule has 0 N–H and O–H groups in total. The van der Waals surface area contributed by atoms with Crippen LogP contribution >= 0.6 is 0 Å². The second-order valence-corrected chi connectivity index (χ2v) is 6.17. The van der Waals surface area contributed by atoms with Gasteiger partial charge in [0.05, 0.1) is 7.11 Å². The number of pyridine rings is 1. The Morgan fingerprint density at radius 3 is 2.58 bits per heavy atom. The number of hydrogen-bond donors (Lipinski definition) is 0. The Hall–Kier alpha value is -2.33. The van der Waals surface area contributed by atoms with E-state index in [1.165, 1.54) is 16.8 Å². The van der Waals surface area contributed by atoms with Gasteiger partial charge in [0.1, 0.15) is 5.75 Å². The molecule has 1 aliphatic heterocycles. The van der Waals surface area contributed by atoms with Gasteiger partial charge in [0.2, 0.25) is 0 Å². The van der Waals surface area contributed by atoms with Crippen LogP contribution in [0.3, 0.4) is 0 Å². The molecule has 0 fully saturated rings. The van der Waals surface area contributed by atoms with Gasteiger partial charge in [-0.15, -0.1) is 6.58 Å². The van der Waals surface area contributed by atoms with Crippen molar-refractivity contribution in [1.82, 2.24) is 9.47 Å². The Labute approximate surface area is 143 Å². The summed E-state index contributed by atoms with van der Waals surface area (Å²) in [6.45, 7) is 7.24. The Morgan fingerprint density at radius 1 is 1.12 bits per heavy atom. The summed E-state index contributed by atoms with van der Waals surface area (Å²) in [5.74, 6) is 0.885. The molecule has 0 atom stereocenters. The van der Waals surface area contributed by atoms with Crippen molar-refractivity contribution in [3.8, 4) is 5.75 Å². The summed E-state index contributed by atoms with van der Waals surface area (Å²) in [5.41, 5.74) is 3.80. The molecule has 24 heavy (non-hydrogen) atoms. The minimum atomic E-state index is 0.0669. The predicted octanol–water partition coefficient (Wildman–Crippen LogP) is 2.64. The molecule has 3 rings (SSSR count). The molecule has 0 saturated heterocycles. The average molecular weight is 324 g/mol. The maximum absolute atomic E-state index is 12.1. The zero-order valence-electron chi connectivity index (χ0n) is 14.2. The Morgan fingerprint density at radius 2 is 1.88 bits per heavy atom. The minimum absolute atomic E-state index is 0.0669. The summed E-state index contributed by atoms with van der Waals surface area (Å²) in [5, 5.41) is 0. The van der Waals surface area contributed by atoms with Crippen LogP contribution in [0.2, 0.25) is 0 Å². The number of methoxy groups -OCH3 is 1. The fourth-order valence-corrected chi connectivity index (χ4v) is 3.32. The molecule has 4 heteroatoms. The van der Waals surface area contributed by atoms with E-state index < -0.39 is 0 Å². The van der Waals surface area contributed by atoms with Gasteiger partial charge in [-0.05, 0) is 29.7 Å². The van der Waals surface area contributed by atoms with E-state index in [4.69, 9.17) is 4.74 Å². The molecular weight excluding hydrogens is 300 g/mol. The highest BCUT2D eigenvalue weighted by atomic mass is 16.5. The lowest BCUT2D eigenvalue weighted by molar-refractivity contribution is 0.278. The van der Waals surface area contributed by atoms with E-state index in [1.807, 2.05) is 22.8 Å². The van der Waals surface area contributed by atoms with Crippen LogP contribution < -0.4 is 10.3 Å². The van der Waals surface area contributed by atoms with Gasteiger partial charge in [0.25, 0.3) is 5.56 Å². The number of allylic oxidation sites excluding steroid dienone is 1. The first-order chi connectivity index (χ1) is 11.7. The third-order valence-corrected chi connectivity index (χ3v) is 4.63. The summed E-state index contributed by atoms with van der Waals surface area (Å²) >= 11 is 0. The molecule has 0 bridgehead atoms. The van der Waals surface area contributed by atoms with E-state index in [-0.39, 0.29) is 5.56 Å². The first-order valence-electron chi connectivity index (χ1n) is 8.39. The van der Waals surface area contributed by atoms with Crippen molar-refractivity contribution in [3.05, 3.63) is 76.2 Å². The highest BCUT2D eigenvalue weighted by molar-refractivity contribution is 5.28. The molecule has 1 aromatic carbocycles. The molecular formula is C20H24N2O2. The van der Waals surface area contributed by atoms with Crippen molar-refractivity contribution >= 4 is 0 Å². The Balaban J connectivity index is 1.74. The maximum atomic E-state index is 12.1. The molecule has 2 aromatic rings. The van der Waals surface area contributed by atoms with Crippen molar-refractivity contribution < 1.29 is 4.74 Å². The summed E-state index contributed by atoms with van der Waals surface area (Å²) < 4.78 is 7.08. The number of aromatic nitrogens is 1. The molecule has 1 aliphatic rings. The zero-order valence-corrected chi connectivity index (χ0v) is 14.2. The van der Waals surface area contributed by atoms with Crippen LogP contribution in [-0.4, -0.2) is 29.7 Å². The van der Waals surface area contributed by atoms with Crippen LogP contribution in [0, 0.1) is 0 Å². The first kappa shape index (κ1) is 16.5. The normalized spacial score (nSPS) is 14.7. The van der Waals surface area contributed by atoms with E-state index >= 15 is 0 Å². The summed E-state index contributed by atoms with van der Waals surface area (Å²) in [4.78, 5) is 14.6. The minimum Gasteiger partial charge on any atom is -0.497 e. The number of ether oxygens (including phenoxy) is 1. The smallest absolute Gasteiger partial charge is 0.251 e. The van der Waals surface area contributed by atoms with Crippen LogP contribution in [-0.2, 0) is 25.9 Å². The van der Waals surface area contributed by atoms with Crippen molar-refractivity contribution in [2.75, 3.05) is 20.2 Å². The van der Waals surface area contributed by atoms with E-state index in [1.54, 1.807) is 19.3 Å². The molecule has 0 amide bonds. The quantitative estimate of drug-likeness (QED) is 0.793. The summed E-state index contributed by atoms with van der Waals surface area (Å²) in [6, 6.07) is 11.9. The third-order valence-electron chi connectivity index (χ3n) is 4.63. The van der Waals surface area contributed by atoms with Crippen molar-refractivity contribution in [3.63, 3.8) is 0 Å². The maximum Gasteiger partial charge on any atom is 0.251 e. The molecule has 0 unspecified atom stereocenters. The van der Waals surface area contributed by atoms with Gasteiger partial charge in [-0.2, -0.15) is 0 Å². The van der Waals surface area contributed by atoms with Gasteiger partial charge in [0.15, 0.2) is 0 Å². The van der Waals surface area contributed by atoms with Crippen molar-refractivity contribution in [2.45, 2.75) is 25.9 Å². The van der Waals surface area contributed by atoms with E-state index in [0.29, 0.717) is 6.54 Å². The van der Waals surface area contributed by atoms with Crippen LogP contribution in [0.4, 0.5) is 0 Å². The summed E-state index contributed by atoms with van der Waals surface area (Å²) in [6.07, 6.45) is 3.67. The number of benzene rings is 1. The van der Waals surface area contributed by atoms with Crippen LogP contribution in [0.5, 0.6) is 5.75 Å². The van der Waals surface area contributed by atoms with E-state index in [0.717, 1.165) is 38.2 Å². The van der Waals surface area contributed by atoms with Gasteiger partial charge in [0, 0.05) is 44.4 Å². The standard InChI is InChI=1S/C20H24N2O2/c1-3-12-22-19-11-14-21(13-10-17(19)6-9-20(22)23)15-16-4-7-18(24-2)8-5-16/h3-9H,1,10-15H2,2H3. The van der Waals surface area contributed by atoms with Gasteiger partial charge in [-0.3, -0.25) is 9.69 Å². The number of nitrogens with zero attached hydrogens (tertiary/aromatic N) is 2. The van der Waals surface area contributed by atoms with Crippen LogP contribution in [0.25, 0.3) is 0 Å². The molecule has 0 spiro atoms. The third kappa shape index (κ3) is 3.60. The molecule has 0 radical (unpaired) electrons. The molecule has 1 aromatic heterocycles. The summed E-state index contributed by atoms with van der Waals surface area (Å²) in [7, 11) is 1.68. The molecule has 2 heterocycles. The van der Waals surface area contributed by atoms with Crippen LogP contribution in [0.15, 0.2) is 53.8 Å². The Bertz CT molecular complexity index is 762. The zero-order chi connectivity index (χ0) is 16.9. The lowest BCUT2D eigenvalue weighted by Gasteiger charge is -2.20. The molecule has 0 saturated carbocycles. The SMILES string of the molecule is C=CCn1c2c(ccc1=O)CCN(Cc1ccc(OC)cc1)CC2.